The van der Waals surface area contributed by atoms with Crippen LogP contribution in [0, 0.1) is 0 Å². The number of hydrogen-bond acceptors (Lipinski definition) is 3. The van der Waals surface area contributed by atoms with Crippen molar-refractivity contribution in [2.45, 2.75) is 19.3 Å². The van der Waals surface area contributed by atoms with E-state index in [2.05, 4.69) is 15.9 Å². The van der Waals surface area contributed by atoms with Gasteiger partial charge in [-0.15, -0.1) is 11.3 Å². The van der Waals surface area contributed by atoms with Gasteiger partial charge in [-0.25, -0.2) is 0 Å². The van der Waals surface area contributed by atoms with Gasteiger partial charge in [-0.3, -0.25) is 0 Å². The Kier molecular flexibility index (Phi) is 4.72. The zero-order chi connectivity index (χ0) is 14.8. The molecule has 0 saturated heterocycles. The molecule has 1 heterocycles. The molecule has 0 saturated carbocycles. The van der Waals surface area contributed by atoms with Gasteiger partial charge in [-0.1, -0.05) is 6.07 Å². The lowest BCUT2D eigenvalue weighted by molar-refractivity contribution is -0.139. The van der Waals surface area contributed by atoms with E-state index < -0.39 is 11.7 Å². The van der Waals surface area contributed by atoms with E-state index in [0.29, 0.717) is 5.56 Å². The summed E-state index contributed by atoms with van der Waals surface area (Å²) in [6.45, 7) is 0.142. The molecule has 1 aromatic carbocycles. The van der Waals surface area contributed by atoms with Gasteiger partial charge < -0.3 is 10.5 Å². The van der Waals surface area contributed by atoms with Gasteiger partial charge in [0.15, 0.2) is 0 Å². The second-order valence-electron chi connectivity index (χ2n) is 4.01. The normalized spacial score (nSPS) is 11.7. The Morgan fingerprint density at radius 3 is 2.55 bits per heavy atom. The molecule has 2 aromatic rings. The minimum Gasteiger partial charge on any atom is -0.487 e. The zero-order valence-corrected chi connectivity index (χ0v) is 12.6. The minimum absolute atomic E-state index is 0.0554. The van der Waals surface area contributed by atoms with Gasteiger partial charge in [0.25, 0.3) is 0 Å². The topological polar surface area (TPSA) is 35.2 Å². The van der Waals surface area contributed by atoms with Crippen LogP contribution in [0.4, 0.5) is 13.2 Å². The molecule has 2 nitrogen and oxygen atoms in total. The van der Waals surface area contributed by atoms with Gasteiger partial charge in [-0.05, 0) is 45.1 Å². The molecular formula is C13H11BrF3NOS. The number of hydrogen-bond donors (Lipinski definition) is 1. The maximum Gasteiger partial charge on any atom is 0.419 e. The number of ether oxygens (including phenoxy) is 1. The van der Waals surface area contributed by atoms with Crippen molar-refractivity contribution in [2.24, 2.45) is 5.73 Å². The molecule has 0 fully saturated rings. The summed E-state index contributed by atoms with van der Waals surface area (Å²) >= 11 is 4.73. The predicted octanol–water partition coefficient (Wildman–Crippen LogP) is 4.57. The molecule has 0 amide bonds. The second kappa shape index (κ2) is 6.15. The van der Waals surface area contributed by atoms with E-state index in [4.69, 9.17) is 10.5 Å². The molecule has 1 aromatic heterocycles. The van der Waals surface area contributed by atoms with Gasteiger partial charge in [0.1, 0.15) is 12.4 Å². The van der Waals surface area contributed by atoms with Crippen molar-refractivity contribution >= 4 is 27.3 Å². The quantitative estimate of drug-likeness (QED) is 0.861. The number of nitrogens with two attached hydrogens (primary N) is 1. The molecule has 0 unspecified atom stereocenters. The first-order valence-corrected chi connectivity index (χ1v) is 7.34. The molecular weight excluding hydrogens is 355 g/mol. The molecule has 0 radical (unpaired) electrons. The second-order valence-corrected chi connectivity index (χ2v) is 5.87. The van der Waals surface area contributed by atoms with Crippen molar-refractivity contribution in [1.82, 2.24) is 0 Å². The SMILES string of the molecule is NCc1ccc(OCc2sccc2Br)c(C(F)(F)F)c1. The van der Waals surface area contributed by atoms with Crippen LogP contribution in [-0.2, 0) is 19.3 Å². The summed E-state index contributed by atoms with van der Waals surface area (Å²) in [5.41, 5.74) is 4.99. The summed E-state index contributed by atoms with van der Waals surface area (Å²) in [6.07, 6.45) is -4.47. The van der Waals surface area contributed by atoms with E-state index in [1.165, 1.54) is 23.5 Å². The Bertz CT molecular complexity index is 598. The summed E-state index contributed by atoms with van der Waals surface area (Å²) in [5, 5.41) is 1.84. The number of halogens is 4. The van der Waals surface area contributed by atoms with Crippen LogP contribution in [0.1, 0.15) is 16.0 Å². The molecule has 0 aliphatic rings. The fraction of sp³-hybridized carbons (Fsp3) is 0.231. The van der Waals surface area contributed by atoms with Crippen molar-refractivity contribution in [1.29, 1.82) is 0 Å². The fourth-order valence-electron chi connectivity index (χ4n) is 1.62. The Balaban J connectivity index is 2.25. The summed E-state index contributed by atoms with van der Waals surface area (Å²) in [5.74, 6) is -0.185. The highest BCUT2D eigenvalue weighted by Gasteiger charge is 2.34. The summed E-state index contributed by atoms with van der Waals surface area (Å²) in [4.78, 5) is 0.834. The van der Waals surface area contributed by atoms with Gasteiger partial charge in [0.05, 0.1) is 10.4 Å². The lowest BCUT2D eigenvalue weighted by Gasteiger charge is -2.15. The van der Waals surface area contributed by atoms with Crippen LogP contribution in [0.3, 0.4) is 0 Å². The Labute approximate surface area is 126 Å². The average molecular weight is 366 g/mol. The summed E-state index contributed by atoms with van der Waals surface area (Å²) in [6, 6.07) is 5.70. The number of thiophene rings is 1. The lowest BCUT2D eigenvalue weighted by atomic mass is 10.1. The predicted molar refractivity (Wildman–Crippen MR) is 75.7 cm³/mol. The Morgan fingerprint density at radius 2 is 2.00 bits per heavy atom. The van der Waals surface area contributed by atoms with E-state index in [-0.39, 0.29) is 18.9 Å². The van der Waals surface area contributed by atoms with Crippen LogP contribution in [0.5, 0.6) is 5.75 Å². The number of alkyl halides is 3. The lowest BCUT2D eigenvalue weighted by Crippen LogP contribution is -2.10. The highest BCUT2D eigenvalue weighted by Crippen LogP contribution is 2.37. The highest BCUT2D eigenvalue weighted by atomic mass is 79.9. The van der Waals surface area contributed by atoms with Crippen LogP contribution in [0.2, 0.25) is 0 Å². The summed E-state index contributed by atoms with van der Waals surface area (Å²) < 4.78 is 45.1. The van der Waals surface area contributed by atoms with Gasteiger partial charge in [0.2, 0.25) is 0 Å². The fourth-order valence-corrected chi connectivity index (χ4v) is 3.00. The first kappa shape index (κ1) is 15.3. The molecule has 20 heavy (non-hydrogen) atoms. The standard InChI is InChI=1S/C13H11BrF3NOS/c14-10-3-4-20-12(10)7-19-11-2-1-8(6-18)5-9(11)13(15,16)17/h1-5H,6-7,18H2. The molecule has 0 spiro atoms. The molecule has 0 bridgehead atoms. The summed E-state index contributed by atoms with van der Waals surface area (Å²) in [7, 11) is 0. The van der Waals surface area contributed by atoms with E-state index >= 15 is 0 Å². The monoisotopic (exact) mass is 365 g/mol. The first-order valence-electron chi connectivity index (χ1n) is 5.66. The van der Waals surface area contributed by atoms with Crippen LogP contribution in [0.25, 0.3) is 0 Å². The number of rotatable bonds is 4. The van der Waals surface area contributed by atoms with Crippen LogP contribution in [-0.4, -0.2) is 0 Å². The van der Waals surface area contributed by atoms with E-state index in [1.54, 1.807) is 0 Å². The number of benzene rings is 1. The molecule has 7 heteroatoms. The van der Waals surface area contributed by atoms with Crippen molar-refractivity contribution in [3.63, 3.8) is 0 Å². The molecule has 2 N–H and O–H groups in total. The average Bonchev–Trinajstić information content (AvgIpc) is 2.80. The zero-order valence-electron chi connectivity index (χ0n) is 10.2. The van der Waals surface area contributed by atoms with E-state index in [0.717, 1.165) is 15.4 Å². The Morgan fingerprint density at radius 1 is 1.25 bits per heavy atom. The third-order valence-electron chi connectivity index (χ3n) is 2.63. The third kappa shape index (κ3) is 3.53. The van der Waals surface area contributed by atoms with Crippen molar-refractivity contribution in [3.05, 3.63) is 50.1 Å². The van der Waals surface area contributed by atoms with Crippen LogP contribution >= 0.6 is 27.3 Å². The molecule has 0 atom stereocenters. The van der Waals surface area contributed by atoms with E-state index in [1.807, 2.05) is 11.4 Å². The first-order chi connectivity index (χ1) is 9.41. The largest absolute Gasteiger partial charge is 0.487 e. The van der Waals surface area contributed by atoms with Gasteiger partial charge >= 0.3 is 6.18 Å². The highest BCUT2D eigenvalue weighted by molar-refractivity contribution is 9.10. The third-order valence-corrected chi connectivity index (χ3v) is 4.53. The van der Waals surface area contributed by atoms with Crippen LogP contribution < -0.4 is 10.5 Å². The maximum absolute atomic E-state index is 13.0. The van der Waals surface area contributed by atoms with Crippen molar-refractivity contribution in [2.75, 3.05) is 0 Å². The van der Waals surface area contributed by atoms with E-state index in [9.17, 15) is 13.2 Å². The smallest absolute Gasteiger partial charge is 0.419 e. The maximum atomic E-state index is 13.0. The molecule has 108 valence electrons. The molecule has 2 rings (SSSR count). The van der Waals surface area contributed by atoms with Crippen molar-refractivity contribution < 1.29 is 17.9 Å². The van der Waals surface area contributed by atoms with Crippen molar-refractivity contribution in [3.8, 4) is 5.75 Å². The van der Waals surface area contributed by atoms with Crippen LogP contribution in [0.15, 0.2) is 34.1 Å². The van der Waals surface area contributed by atoms with Gasteiger partial charge in [-0.2, -0.15) is 13.2 Å². The Hall–Kier alpha value is -1.05. The molecule has 0 aliphatic carbocycles. The molecule has 0 aliphatic heterocycles. The van der Waals surface area contributed by atoms with Gasteiger partial charge in [0, 0.05) is 11.0 Å². The minimum atomic E-state index is -4.47.